The molecule has 0 saturated heterocycles. The van der Waals surface area contributed by atoms with E-state index in [1.54, 1.807) is 12.1 Å². The van der Waals surface area contributed by atoms with E-state index in [1.807, 2.05) is 18.2 Å². The fourth-order valence-electron chi connectivity index (χ4n) is 2.88. The number of carbonyl (C=O) groups excluding carboxylic acids is 2. The molecule has 2 aromatic carbocycles. The Morgan fingerprint density at radius 2 is 1.72 bits per heavy atom. The summed E-state index contributed by atoms with van der Waals surface area (Å²) in [5, 5.41) is 9.18. The van der Waals surface area contributed by atoms with Crippen LogP contribution >= 0.6 is 0 Å². The lowest BCUT2D eigenvalue weighted by Gasteiger charge is -2.13. The van der Waals surface area contributed by atoms with Crippen molar-refractivity contribution in [3.63, 3.8) is 0 Å². The lowest BCUT2D eigenvalue weighted by atomic mass is 10.0. The van der Waals surface area contributed by atoms with E-state index in [4.69, 9.17) is 4.74 Å². The fraction of sp³-hybridized carbons (Fsp3) is 0.105. The third-order valence-electron chi connectivity index (χ3n) is 3.95. The minimum Gasteiger partial charge on any atom is -0.495 e. The fourth-order valence-corrected chi connectivity index (χ4v) is 2.88. The minimum atomic E-state index is -1.13. The van der Waals surface area contributed by atoms with Crippen LogP contribution in [0.2, 0.25) is 0 Å². The summed E-state index contributed by atoms with van der Waals surface area (Å²) < 4.78 is 5.46. The molecule has 2 aromatic rings. The largest absolute Gasteiger partial charge is 0.495 e. The molecule has 6 nitrogen and oxygen atoms in total. The second-order valence-corrected chi connectivity index (χ2v) is 5.47. The molecule has 0 bridgehead atoms. The molecule has 2 amide bonds. The Labute approximate surface area is 143 Å². The number of anilines is 1. The van der Waals surface area contributed by atoms with Gasteiger partial charge in [0.15, 0.2) is 0 Å². The molecule has 1 aliphatic rings. The zero-order chi connectivity index (χ0) is 18.1. The molecule has 1 aliphatic heterocycles. The number of carbonyl (C=O) groups is 3. The van der Waals surface area contributed by atoms with E-state index in [0.717, 1.165) is 4.90 Å². The second kappa shape index (κ2) is 6.24. The van der Waals surface area contributed by atoms with Crippen LogP contribution in [0.4, 0.5) is 5.69 Å². The van der Waals surface area contributed by atoms with Gasteiger partial charge in [0.1, 0.15) is 5.76 Å². The quantitative estimate of drug-likeness (QED) is 0.688. The predicted molar refractivity (Wildman–Crippen MR) is 91.8 cm³/mol. The number of carboxylic acids is 1. The Balaban J connectivity index is 2.30. The van der Waals surface area contributed by atoms with Crippen molar-refractivity contribution in [1.29, 1.82) is 0 Å². The van der Waals surface area contributed by atoms with Crippen molar-refractivity contribution in [2.45, 2.75) is 6.92 Å². The van der Waals surface area contributed by atoms with E-state index in [-0.39, 0.29) is 16.8 Å². The number of imide groups is 1. The van der Waals surface area contributed by atoms with Gasteiger partial charge in [-0.2, -0.15) is 0 Å². The van der Waals surface area contributed by atoms with Gasteiger partial charge in [-0.15, -0.1) is 0 Å². The third kappa shape index (κ3) is 2.67. The topological polar surface area (TPSA) is 83.9 Å². The van der Waals surface area contributed by atoms with Crippen molar-refractivity contribution in [3.8, 4) is 0 Å². The summed E-state index contributed by atoms with van der Waals surface area (Å²) >= 11 is 0. The van der Waals surface area contributed by atoms with E-state index in [9.17, 15) is 19.5 Å². The third-order valence-corrected chi connectivity index (χ3v) is 3.95. The summed E-state index contributed by atoms with van der Waals surface area (Å²) in [7, 11) is 1.45. The molecule has 6 heteroatoms. The first-order chi connectivity index (χ1) is 12.0. The Kier molecular flexibility index (Phi) is 4.10. The van der Waals surface area contributed by atoms with Crippen molar-refractivity contribution in [3.05, 3.63) is 65.2 Å². The smallest absolute Gasteiger partial charge is 0.335 e. The number of fused-ring (bicyclic) bond motifs is 1. The van der Waals surface area contributed by atoms with E-state index < -0.39 is 17.8 Å². The number of benzene rings is 2. The molecule has 0 fully saturated rings. The number of aromatic carboxylic acids is 1. The van der Waals surface area contributed by atoms with Gasteiger partial charge < -0.3 is 9.84 Å². The molecule has 0 unspecified atom stereocenters. The first-order valence-electron chi connectivity index (χ1n) is 7.52. The van der Waals surface area contributed by atoms with Crippen molar-refractivity contribution in [1.82, 2.24) is 0 Å². The number of carboxylic acid groups (broad SMARTS) is 1. The lowest BCUT2D eigenvalue weighted by molar-refractivity contribution is -0.122. The SMILES string of the molecule is COC(=C1C(=O)N(C(C)=O)c2cc(C(=O)O)ccc21)c1ccccc1. The summed E-state index contributed by atoms with van der Waals surface area (Å²) in [6.07, 6.45) is 0. The van der Waals surface area contributed by atoms with Gasteiger partial charge in [0.25, 0.3) is 5.91 Å². The van der Waals surface area contributed by atoms with Gasteiger partial charge in [0.2, 0.25) is 5.91 Å². The average Bonchev–Trinajstić information content (AvgIpc) is 2.88. The highest BCUT2D eigenvalue weighted by molar-refractivity contribution is 6.43. The van der Waals surface area contributed by atoms with E-state index in [0.29, 0.717) is 16.9 Å². The number of methoxy groups -OCH3 is 1. The molecule has 25 heavy (non-hydrogen) atoms. The van der Waals surface area contributed by atoms with Crippen molar-refractivity contribution >= 4 is 34.8 Å². The van der Waals surface area contributed by atoms with Crippen LogP contribution in [-0.2, 0) is 14.3 Å². The van der Waals surface area contributed by atoms with Crippen LogP contribution in [0, 0.1) is 0 Å². The van der Waals surface area contributed by atoms with Gasteiger partial charge in [-0.05, 0) is 12.1 Å². The van der Waals surface area contributed by atoms with Gasteiger partial charge in [-0.1, -0.05) is 36.4 Å². The van der Waals surface area contributed by atoms with Gasteiger partial charge in [-0.3, -0.25) is 9.59 Å². The molecular weight excluding hydrogens is 322 g/mol. The van der Waals surface area contributed by atoms with E-state index in [2.05, 4.69) is 0 Å². The number of nitrogens with zero attached hydrogens (tertiary/aromatic N) is 1. The Morgan fingerprint density at radius 1 is 1.04 bits per heavy atom. The molecule has 126 valence electrons. The maximum Gasteiger partial charge on any atom is 0.335 e. The van der Waals surface area contributed by atoms with E-state index in [1.165, 1.54) is 32.2 Å². The Hall–Kier alpha value is -3.41. The van der Waals surface area contributed by atoms with Gasteiger partial charge >= 0.3 is 5.97 Å². The van der Waals surface area contributed by atoms with Gasteiger partial charge in [0.05, 0.1) is 23.9 Å². The summed E-state index contributed by atoms with van der Waals surface area (Å²) in [6.45, 7) is 1.26. The zero-order valence-electron chi connectivity index (χ0n) is 13.6. The summed E-state index contributed by atoms with van der Waals surface area (Å²) in [5.74, 6) is -1.83. The maximum atomic E-state index is 12.9. The minimum absolute atomic E-state index is 0.00210. The first-order valence-corrected chi connectivity index (χ1v) is 7.52. The van der Waals surface area contributed by atoms with E-state index >= 15 is 0 Å². The van der Waals surface area contributed by atoms with Gasteiger partial charge in [0, 0.05) is 18.1 Å². The number of hydrogen-bond acceptors (Lipinski definition) is 4. The van der Waals surface area contributed by atoms with Crippen LogP contribution in [-0.4, -0.2) is 30.0 Å². The summed E-state index contributed by atoms with van der Waals surface area (Å²) in [5.41, 5.74) is 1.63. The van der Waals surface area contributed by atoms with Crippen molar-refractivity contribution in [2.24, 2.45) is 0 Å². The summed E-state index contributed by atoms with van der Waals surface area (Å²) in [6, 6.07) is 13.3. The number of hydrogen-bond donors (Lipinski definition) is 1. The average molecular weight is 337 g/mol. The highest BCUT2D eigenvalue weighted by Crippen LogP contribution is 2.41. The second-order valence-electron chi connectivity index (χ2n) is 5.47. The molecule has 0 aromatic heterocycles. The normalized spacial score (nSPS) is 15.0. The van der Waals surface area contributed by atoms with Crippen LogP contribution < -0.4 is 4.90 Å². The number of ether oxygens (including phenoxy) is 1. The molecular formula is C19H15NO5. The zero-order valence-corrected chi connectivity index (χ0v) is 13.6. The number of rotatable bonds is 3. The van der Waals surface area contributed by atoms with Crippen LogP contribution in [0.3, 0.4) is 0 Å². The molecule has 0 radical (unpaired) electrons. The monoisotopic (exact) mass is 337 g/mol. The molecule has 1 heterocycles. The highest BCUT2D eigenvalue weighted by Gasteiger charge is 2.38. The van der Waals surface area contributed by atoms with Crippen LogP contribution in [0.1, 0.15) is 28.4 Å². The van der Waals surface area contributed by atoms with Gasteiger partial charge in [-0.25, -0.2) is 9.69 Å². The molecule has 0 aliphatic carbocycles. The maximum absolute atomic E-state index is 12.9. The molecule has 1 N–H and O–H groups in total. The molecule has 0 saturated carbocycles. The van der Waals surface area contributed by atoms with Crippen LogP contribution in [0.5, 0.6) is 0 Å². The molecule has 0 spiro atoms. The van der Waals surface area contributed by atoms with Crippen LogP contribution in [0.15, 0.2) is 48.5 Å². The van der Waals surface area contributed by atoms with Crippen LogP contribution in [0.25, 0.3) is 11.3 Å². The molecule has 0 atom stereocenters. The first kappa shape index (κ1) is 16.4. The van der Waals surface area contributed by atoms with Crippen molar-refractivity contribution in [2.75, 3.05) is 12.0 Å². The Morgan fingerprint density at radius 3 is 2.28 bits per heavy atom. The Bertz CT molecular complexity index is 915. The highest BCUT2D eigenvalue weighted by atomic mass is 16.5. The summed E-state index contributed by atoms with van der Waals surface area (Å²) in [4.78, 5) is 37.1. The van der Waals surface area contributed by atoms with Crippen molar-refractivity contribution < 1.29 is 24.2 Å². The lowest BCUT2D eigenvalue weighted by Crippen LogP contribution is -2.31. The standard InChI is InChI=1S/C19H15NO5/c1-11(21)20-15-10-13(19(23)24)8-9-14(15)16(18(20)22)17(25-2)12-6-4-3-5-7-12/h3-10H,1-2H3,(H,23,24). The predicted octanol–water partition coefficient (Wildman–Crippen LogP) is 2.79. The number of amides is 2. The molecule has 3 rings (SSSR count).